The van der Waals surface area contributed by atoms with Gasteiger partial charge in [-0.1, -0.05) is 12.1 Å². The smallest absolute Gasteiger partial charge is 0.469 e. The van der Waals surface area contributed by atoms with Gasteiger partial charge in [0, 0.05) is 17.1 Å². The van der Waals surface area contributed by atoms with Gasteiger partial charge >= 0.3 is 7.82 Å². The lowest BCUT2D eigenvalue weighted by Gasteiger charge is -2.12. The Hall–Kier alpha value is -1.37. The molecule has 0 amide bonds. The zero-order valence-corrected chi connectivity index (χ0v) is 10.8. The number of aromatic amines is 1. The van der Waals surface area contributed by atoms with Crippen LogP contribution in [-0.4, -0.2) is 39.2 Å². The van der Waals surface area contributed by atoms with Gasteiger partial charge in [0.25, 0.3) is 0 Å². The molecule has 0 radical (unpaired) electrons. The van der Waals surface area contributed by atoms with Crippen molar-refractivity contribution in [3.8, 4) is 5.75 Å². The minimum Gasteiger partial charge on any atom is -0.489 e. The first-order valence-corrected chi connectivity index (χ1v) is 7.06. The van der Waals surface area contributed by atoms with E-state index in [0.717, 1.165) is 10.9 Å². The largest absolute Gasteiger partial charge is 0.489 e. The zero-order valence-electron chi connectivity index (χ0n) is 9.89. The zero-order chi connectivity index (χ0) is 13.9. The van der Waals surface area contributed by atoms with Crippen molar-refractivity contribution in [1.82, 2.24) is 4.98 Å². The van der Waals surface area contributed by atoms with Crippen LogP contribution in [0.3, 0.4) is 0 Å². The minimum absolute atomic E-state index is 0.123. The molecule has 0 fully saturated rings. The third-order valence-corrected chi connectivity index (χ3v) is 2.90. The molecule has 0 saturated carbocycles. The Morgan fingerprint density at radius 1 is 1.26 bits per heavy atom. The third-order valence-electron chi connectivity index (χ3n) is 2.42. The molecule has 2 rings (SSSR count). The van der Waals surface area contributed by atoms with E-state index in [4.69, 9.17) is 14.5 Å². The second kappa shape index (κ2) is 5.73. The van der Waals surface area contributed by atoms with Crippen LogP contribution in [0.4, 0.5) is 0 Å². The van der Waals surface area contributed by atoms with Crippen LogP contribution in [0, 0.1) is 0 Å². The third kappa shape index (κ3) is 4.05. The number of nitrogens with one attached hydrogen (secondary N) is 1. The number of aliphatic hydroxyl groups excluding tert-OH is 1. The molecule has 0 spiro atoms. The van der Waals surface area contributed by atoms with Gasteiger partial charge in [-0.3, -0.25) is 4.52 Å². The summed E-state index contributed by atoms with van der Waals surface area (Å²) in [5.74, 6) is 0.561. The Morgan fingerprint density at radius 2 is 2.00 bits per heavy atom. The standard InChI is InChI=1S/C11H14NO6P/c13-8(7-18-19(14,15)16)6-17-11-5-12-10-4-2-1-3-9(10)11/h1-5,8,12-13H,6-7H2,(H2,14,15,16)/t8-/m0/s1. The predicted octanol–water partition coefficient (Wildman–Crippen LogP) is 1.02. The van der Waals surface area contributed by atoms with E-state index in [1.807, 2.05) is 24.3 Å². The van der Waals surface area contributed by atoms with Gasteiger partial charge in [0.1, 0.15) is 18.5 Å². The van der Waals surface area contributed by atoms with Crippen molar-refractivity contribution in [2.24, 2.45) is 0 Å². The number of aromatic nitrogens is 1. The molecule has 1 aromatic heterocycles. The summed E-state index contributed by atoms with van der Waals surface area (Å²) in [5.41, 5.74) is 0.901. The Labute approximate surface area is 109 Å². The molecule has 0 saturated heterocycles. The first-order valence-electron chi connectivity index (χ1n) is 5.53. The molecule has 0 aliphatic heterocycles. The average Bonchev–Trinajstić information content (AvgIpc) is 2.76. The molecule has 19 heavy (non-hydrogen) atoms. The Balaban J connectivity index is 1.90. The lowest BCUT2D eigenvalue weighted by Crippen LogP contribution is -2.22. The maximum Gasteiger partial charge on any atom is 0.469 e. The Morgan fingerprint density at radius 3 is 2.74 bits per heavy atom. The fourth-order valence-corrected chi connectivity index (χ4v) is 1.95. The van der Waals surface area contributed by atoms with Crippen molar-refractivity contribution in [2.75, 3.05) is 13.2 Å². The fourth-order valence-electron chi connectivity index (χ4n) is 1.58. The first kappa shape index (κ1) is 14.0. The van der Waals surface area contributed by atoms with Crippen LogP contribution >= 0.6 is 7.82 Å². The Bertz CT molecular complexity index is 592. The molecule has 0 aliphatic carbocycles. The van der Waals surface area contributed by atoms with E-state index >= 15 is 0 Å². The number of hydrogen-bond acceptors (Lipinski definition) is 4. The summed E-state index contributed by atoms with van der Waals surface area (Å²) in [7, 11) is -4.56. The van der Waals surface area contributed by atoms with Crippen LogP contribution in [0.2, 0.25) is 0 Å². The lowest BCUT2D eigenvalue weighted by atomic mass is 10.2. The molecule has 0 unspecified atom stereocenters. The molecule has 7 nitrogen and oxygen atoms in total. The van der Waals surface area contributed by atoms with Gasteiger partial charge in [0.15, 0.2) is 0 Å². The number of para-hydroxylation sites is 1. The topological polar surface area (TPSA) is 112 Å². The van der Waals surface area contributed by atoms with Crippen LogP contribution in [-0.2, 0) is 9.09 Å². The number of ether oxygens (including phenoxy) is 1. The molecular formula is C11H14NO6P. The highest BCUT2D eigenvalue weighted by Crippen LogP contribution is 2.35. The van der Waals surface area contributed by atoms with Gasteiger partial charge in [-0.05, 0) is 12.1 Å². The molecule has 2 aromatic rings. The summed E-state index contributed by atoms with van der Waals surface area (Å²) in [6.07, 6.45) is 0.530. The summed E-state index contributed by atoms with van der Waals surface area (Å²) in [6.45, 7) is -0.617. The van der Waals surface area contributed by atoms with Gasteiger partial charge in [-0.15, -0.1) is 0 Å². The monoisotopic (exact) mass is 287 g/mol. The van der Waals surface area contributed by atoms with Crippen molar-refractivity contribution < 1.29 is 28.7 Å². The van der Waals surface area contributed by atoms with Crippen molar-refractivity contribution >= 4 is 18.7 Å². The van der Waals surface area contributed by atoms with E-state index in [2.05, 4.69) is 9.51 Å². The molecule has 1 heterocycles. The van der Waals surface area contributed by atoms with Crippen molar-refractivity contribution in [2.45, 2.75) is 6.10 Å². The Kier molecular flexibility index (Phi) is 4.24. The quantitative estimate of drug-likeness (QED) is 0.590. The molecule has 4 N–H and O–H groups in total. The number of hydrogen-bond donors (Lipinski definition) is 4. The van der Waals surface area contributed by atoms with E-state index in [1.54, 1.807) is 6.20 Å². The van der Waals surface area contributed by atoms with E-state index < -0.39 is 20.5 Å². The maximum atomic E-state index is 10.5. The molecule has 104 valence electrons. The predicted molar refractivity (Wildman–Crippen MR) is 67.8 cm³/mol. The molecule has 1 aromatic carbocycles. The van der Waals surface area contributed by atoms with Gasteiger partial charge in [-0.2, -0.15) is 0 Å². The van der Waals surface area contributed by atoms with Gasteiger partial charge in [0.2, 0.25) is 0 Å². The minimum atomic E-state index is -4.56. The van der Waals surface area contributed by atoms with Crippen molar-refractivity contribution in [1.29, 1.82) is 0 Å². The van der Waals surface area contributed by atoms with Gasteiger partial charge in [0.05, 0.1) is 6.61 Å². The number of aliphatic hydroxyl groups is 1. The van der Waals surface area contributed by atoms with Gasteiger partial charge in [-0.25, -0.2) is 4.57 Å². The summed E-state index contributed by atoms with van der Waals surface area (Å²) >= 11 is 0. The summed E-state index contributed by atoms with van der Waals surface area (Å²) < 4.78 is 20.0. The second-order valence-electron chi connectivity index (χ2n) is 3.95. The number of rotatable bonds is 6. The first-order chi connectivity index (χ1) is 8.96. The molecule has 0 bridgehead atoms. The van der Waals surface area contributed by atoms with E-state index in [0.29, 0.717) is 5.75 Å². The number of fused-ring (bicyclic) bond motifs is 1. The number of phosphoric acid groups is 1. The molecular weight excluding hydrogens is 273 g/mol. The van der Waals surface area contributed by atoms with Crippen molar-refractivity contribution in [3.63, 3.8) is 0 Å². The molecule has 0 aliphatic rings. The molecule has 1 atom stereocenters. The number of H-pyrrole nitrogens is 1. The van der Waals surface area contributed by atoms with E-state index in [1.165, 1.54) is 0 Å². The van der Waals surface area contributed by atoms with Crippen LogP contribution in [0.1, 0.15) is 0 Å². The van der Waals surface area contributed by atoms with Crippen LogP contribution in [0.15, 0.2) is 30.5 Å². The second-order valence-corrected chi connectivity index (χ2v) is 5.19. The summed E-state index contributed by atoms with van der Waals surface area (Å²) in [4.78, 5) is 20.0. The van der Waals surface area contributed by atoms with E-state index in [-0.39, 0.29) is 6.61 Å². The van der Waals surface area contributed by atoms with Crippen LogP contribution in [0.5, 0.6) is 5.75 Å². The average molecular weight is 287 g/mol. The SMILES string of the molecule is O=P(O)(O)OC[C@@H](O)COc1c[nH]c2ccccc12. The van der Waals surface area contributed by atoms with Crippen LogP contribution in [0.25, 0.3) is 10.9 Å². The van der Waals surface area contributed by atoms with Crippen molar-refractivity contribution in [3.05, 3.63) is 30.5 Å². The summed E-state index contributed by atoms with van der Waals surface area (Å²) in [5, 5.41) is 10.3. The summed E-state index contributed by atoms with van der Waals surface area (Å²) in [6, 6.07) is 7.48. The highest BCUT2D eigenvalue weighted by Gasteiger charge is 2.17. The van der Waals surface area contributed by atoms with Gasteiger partial charge < -0.3 is 24.6 Å². The maximum absolute atomic E-state index is 10.5. The molecule has 8 heteroatoms. The number of benzene rings is 1. The highest BCUT2D eigenvalue weighted by atomic mass is 31.2. The lowest BCUT2D eigenvalue weighted by molar-refractivity contribution is 0.0501. The fraction of sp³-hybridized carbons (Fsp3) is 0.273. The number of phosphoric ester groups is 1. The normalized spacial score (nSPS) is 13.6. The highest BCUT2D eigenvalue weighted by molar-refractivity contribution is 7.46. The van der Waals surface area contributed by atoms with Crippen LogP contribution < -0.4 is 4.74 Å². The van der Waals surface area contributed by atoms with E-state index in [9.17, 15) is 9.67 Å².